The number of aromatic carboxylic acids is 1. The summed E-state index contributed by atoms with van der Waals surface area (Å²) in [5.74, 6) is -2.38. The molecule has 0 unspecified atom stereocenters. The lowest BCUT2D eigenvalue weighted by atomic mass is 9.82. The molecule has 1 amide bonds. The van der Waals surface area contributed by atoms with Crippen molar-refractivity contribution in [2.24, 2.45) is 5.73 Å². The highest BCUT2D eigenvalue weighted by Gasteiger charge is 2.32. The third-order valence-electron chi connectivity index (χ3n) is 4.48. The summed E-state index contributed by atoms with van der Waals surface area (Å²) in [4.78, 5) is 29.8. The van der Waals surface area contributed by atoms with E-state index in [4.69, 9.17) is 30.5 Å². The van der Waals surface area contributed by atoms with Gasteiger partial charge in [0.25, 0.3) is 5.91 Å². The Hall–Kier alpha value is -2.42. The molecule has 1 aromatic rings. The average Bonchev–Trinajstić information content (AvgIpc) is 2.65. The first-order chi connectivity index (χ1) is 14.2. The van der Waals surface area contributed by atoms with Crippen LogP contribution in [0.2, 0.25) is 6.32 Å². The van der Waals surface area contributed by atoms with Gasteiger partial charge in [0.1, 0.15) is 23.2 Å². The molecule has 12 nitrogen and oxygen atoms in total. The molecule has 1 aliphatic rings. The quantitative estimate of drug-likeness (QED) is 0.106. The molecule has 13 heteroatoms. The maximum atomic E-state index is 11.7. The lowest BCUT2D eigenvalue weighted by molar-refractivity contribution is -0.136. The summed E-state index contributed by atoms with van der Waals surface area (Å²) < 4.78 is 5.68. The molecule has 8 N–H and O–H groups in total. The number of carboxylic acid groups (broad SMARTS) is 1. The zero-order valence-corrected chi connectivity index (χ0v) is 16.2. The van der Waals surface area contributed by atoms with Crippen LogP contribution in [0.25, 0.3) is 0 Å². The van der Waals surface area contributed by atoms with Crippen LogP contribution in [-0.4, -0.2) is 94.3 Å². The van der Waals surface area contributed by atoms with Gasteiger partial charge in [-0.05, 0) is 24.4 Å². The highest BCUT2D eigenvalue weighted by atomic mass is 16.7. The number of aliphatic hydroxyl groups is 1. The van der Waals surface area contributed by atoms with E-state index in [0.717, 1.165) is 0 Å². The van der Waals surface area contributed by atoms with Gasteiger partial charge in [-0.15, -0.1) is 0 Å². The standard InChI is InChI=1S/C17H26BN3O9/c19-12(16(24)20-29-6-5-22)9-21-7-11(8-21)30-13-2-1-10(3-4-18(27)28)15(23)14(13)17(25)26/h1-2,11-12,22-23,27-28H,3-9,19H2,(H,20,24)(H,25,26)/t12-/m1/s1. The van der Waals surface area contributed by atoms with Crippen molar-refractivity contribution in [3.8, 4) is 11.5 Å². The van der Waals surface area contributed by atoms with Crippen molar-refractivity contribution in [3.05, 3.63) is 23.3 Å². The summed E-state index contributed by atoms with van der Waals surface area (Å²) in [6, 6.07) is 2.04. The zero-order chi connectivity index (χ0) is 22.3. The molecule has 0 spiro atoms. The highest BCUT2D eigenvalue weighted by Crippen LogP contribution is 2.33. The van der Waals surface area contributed by atoms with Gasteiger partial charge >= 0.3 is 13.1 Å². The van der Waals surface area contributed by atoms with Gasteiger partial charge in [0.2, 0.25) is 0 Å². The van der Waals surface area contributed by atoms with Crippen LogP contribution in [0, 0.1) is 0 Å². The first-order valence-electron chi connectivity index (χ1n) is 9.34. The third-order valence-corrected chi connectivity index (χ3v) is 4.48. The average molecular weight is 427 g/mol. The first-order valence-corrected chi connectivity index (χ1v) is 9.34. The topological polar surface area (TPSA) is 195 Å². The molecule has 1 atom stereocenters. The summed E-state index contributed by atoms with van der Waals surface area (Å²) in [5, 5.41) is 46.2. The van der Waals surface area contributed by atoms with Crippen molar-refractivity contribution in [1.29, 1.82) is 0 Å². The Labute approximate surface area is 172 Å². The monoisotopic (exact) mass is 427 g/mol. The molecule has 1 saturated heterocycles. The van der Waals surface area contributed by atoms with Gasteiger partial charge < -0.3 is 35.8 Å². The molecule has 0 radical (unpaired) electrons. The van der Waals surface area contributed by atoms with Crippen LogP contribution < -0.4 is 16.0 Å². The largest absolute Gasteiger partial charge is 0.507 e. The van der Waals surface area contributed by atoms with Gasteiger partial charge in [0.05, 0.1) is 19.3 Å². The lowest BCUT2D eigenvalue weighted by Crippen LogP contribution is -2.59. The summed E-state index contributed by atoms with van der Waals surface area (Å²) in [6.07, 6.45) is -0.319. The number of hydrogen-bond donors (Lipinski definition) is 7. The first kappa shape index (κ1) is 23.9. The number of carbonyl (C=O) groups excluding carboxylic acids is 1. The van der Waals surface area contributed by atoms with Gasteiger partial charge in [0, 0.05) is 19.6 Å². The Balaban J connectivity index is 1.90. The second-order valence-corrected chi connectivity index (χ2v) is 6.87. The Morgan fingerprint density at radius 1 is 1.33 bits per heavy atom. The number of benzene rings is 1. The number of nitrogens with one attached hydrogen (secondary N) is 1. The minimum absolute atomic E-state index is 0.00241. The maximum absolute atomic E-state index is 11.7. The summed E-state index contributed by atoms with van der Waals surface area (Å²) in [5.41, 5.74) is 7.78. The normalized spacial score (nSPS) is 15.3. The number of aryl methyl sites for hydroxylation is 1. The van der Waals surface area contributed by atoms with Crippen molar-refractivity contribution in [2.75, 3.05) is 32.8 Å². The SMILES string of the molecule is N[C@H](CN1CC(Oc2ccc(CCB(O)O)c(O)c2C(=O)O)C1)C(=O)NOCCO. The number of phenols is 1. The summed E-state index contributed by atoms with van der Waals surface area (Å²) in [6.45, 7) is 0.746. The molecule has 1 aromatic carbocycles. The number of hydroxylamine groups is 1. The van der Waals surface area contributed by atoms with Crippen LogP contribution >= 0.6 is 0 Å². The molecule has 0 bridgehead atoms. The number of amides is 1. The Morgan fingerprint density at radius 2 is 2.03 bits per heavy atom. The van der Waals surface area contributed by atoms with Crippen LogP contribution in [0.5, 0.6) is 11.5 Å². The number of rotatable bonds is 12. The van der Waals surface area contributed by atoms with Gasteiger partial charge in [-0.25, -0.2) is 10.3 Å². The molecule has 1 aliphatic heterocycles. The minimum atomic E-state index is -1.57. The maximum Gasteiger partial charge on any atom is 0.451 e. The van der Waals surface area contributed by atoms with Gasteiger partial charge in [-0.1, -0.05) is 6.07 Å². The van der Waals surface area contributed by atoms with Crippen LogP contribution in [0.15, 0.2) is 12.1 Å². The molecule has 1 heterocycles. The Kier molecular flexibility index (Phi) is 8.83. The Bertz CT molecular complexity index is 743. The number of nitrogens with two attached hydrogens (primary N) is 1. The van der Waals surface area contributed by atoms with E-state index in [2.05, 4.69) is 5.48 Å². The van der Waals surface area contributed by atoms with Gasteiger partial charge in [-0.3, -0.25) is 14.5 Å². The number of carbonyl (C=O) groups is 2. The van der Waals surface area contributed by atoms with Gasteiger partial charge in [-0.2, -0.15) is 0 Å². The number of aliphatic hydroxyl groups excluding tert-OH is 1. The molecule has 2 rings (SSSR count). The molecule has 0 aliphatic carbocycles. The summed E-state index contributed by atoms with van der Waals surface area (Å²) >= 11 is 0. The van der Waals surface area contributed by atoms with Crippen molar-refractivity contribution >= 4 is 19.0 Å². The van der Waals surface area contributed by atoms with E-state index >= 15 is 0 Å². The lowest BCUT2D eigenvalue weighted by Gasteiger charge is -2.40. The fraction of sp³-hybridized carbons (Fsp3) is 0.529. The smallest absolute Gasteiger partial charge is 0.451 e. The number of nitrogens with zero attached hydrogens (tertiary/aromatic N) is 1. The van der Waals surface area contributed by atoms with Crippen LogP contribution in [-0.2, 0) is 16.1 Å². The summed E-state index contributed by atoms with van der Waals surface area (Å²) in [7, 11) is -1.57. The minimum Gasteiger partial charge on any atom is -0.507 e. The van der Waals surface area contributed by atoms with E-state index in [-0.39, 0.29) is 49.9 Å². The number of carboxylic acids is 1. The fourth-order valence-electron chi connectivity index (χ4n) is 2.94. The number of ether oxygens (including phenoxy) is 1. The van der Waals surface area contributed by atoms with Crippen molar-refractivity contribution in [3.63, 3.8) is 0 Å². The van der Waals surface area contributed by atoms with Crippen LogP contribution in [0.4, 0.5) is 0 Å². The van der Waals surface area contributed by atoms with E-state index in [1.54, 1.807) is 0 Å². The Morgan fingerprint density at radius 3 is 2.63 bits per heavy atom. The van der Waals surface area contributed by atoms with E-state index in [1.165, 1.54) is 12.1 Å². The fourth-order valence-corrected chi connectivity index (χ4v) is 2.94. The predicted octanol–water partition coefficient (Wildman–Crippen LogP) is -2.46. The molecule has 1 fully saturated rings. The van der Waals surface area contributed by atoms with E-state index < -0.39 is 36.3 Å². The van der Waals surface area contributed by atoms with Gasteiger partial charge in [0.15, 0.2) is 0 Å². The van der Waals surface area contributed by atoms with E-state index in [0.29, 0.717) is 13.1 Å². The van der Waals surface area contributed by atoms with Crippen molar-refractivity contribution in [2.45, 2.75) is 24.9 Å². The number of likely N-dealkylation sites (tertiary alicyclic amines) is 1. The predicted molar refractivity (Wildman–Crippen MR) is 104 cm³/mol. The van der Waals surface area contributed by atoms with Crippen LogP contribution in [0.3, 0.4) is 0 Å². The molecule has 30 heavy (non-hydrogen) atoms. The van der Waals surface area contributed by atoms with E-state index in [1.807, 2.05) is 4.90 Å². The number of hydrogen-bond acceptors (Lipinski definition) is 10. The molecular weight excluding hydrogens is 401 g/mol. The highest BCUT2D eigenvalue weighted by molar-refractivity contribution is 6.41. The molecular formula is C17H26BN3O9. The third kappa shape index (κ3) is 6.55. The van der Waals surface area contributed by atoms with Crippen LogP contribution in [0.1, 0.15) is 15.9 Å². The zero-order valence-electron chi connectivity index (χ0n) is 16.2. The van der Waals surface area contributed by atoms with E-state index in [9.17, 15) is 19.8 Å². The second kappa shape index (κ2) is 11.1. The van der Waals surface area contributed by atoms with Crippen molar-refractivity contribution < 1.29 is 44.5 Å². The molecule has 166 valence electrons. The molecule has 0 aromatic heterocycles. The van der Waals surface area contributed by atoms with Crippen molar-refractivity contribution in [1.82, 2.24) is 10.4 Å². The molecule has 0 saturated carbocycles. The second-order valence-electron chi connectivity index (χ2n) is 6.87. The number of aromatic hydroxyl groups is 1.